The highest BCUT2D eigenvalue weighted by molar-refractivity contribution is 5.45. The van der Waals surface area contributed by atoms with Crippen LogP contribution in [-0.2, 0) is 6.42 Å². The highest BCUT2D eigenvalue weighted by atomic mass is 16.3. The molecule has 3 aliphatic carbocycles. The lowest BCUT2D eigenvalue weighted by Crippen LogP contribution is -2.44. The molecule has 1 aromatic rings. The summed E-state index contributed by atoms with van der Waals surface area (Å²) in [7, 11) is 0. The van der Waals surface area contributed by atoms with E-state index in [1.807, 2.05) is 12.1 Å². The van der Waals surface area contributed by atoms with E-state index in [2.05, 4.69) is 13.8 Å². The summed E-state index contributed by atoms with van der Waals surface area (Å²) in [5, 5.41) is 20.3. The van der Waals surface area contributed by atoms with Crippen molar-refractivity contribution in [2.24, 2.45) is 17.3 Å². The van der Waals surface area contributed by atoms with Gasteiger partial charge >= 0.3 is 0 Å². The Labute approximate surface area is 127 Å². The Morgan fingerprint density at radius 3 is 2.76 bits per heavy atom. The molecule has 5 atom stereocenters. The predicted molar refractivity (Wildman–Crippen MR) is 83.5 cm³/mol. The first kappa shape index (κ1) is 13.6. The van der Waals surface area contributed by atoms with Crippen LogP contribution >= 0.6 is 0 Å². The first-order valence-corrected chi connectivity index (χ1v) is 8.51. The summed E-state index contributed by atoms with van der Waals surface area (Å²) in [6, 6.07) is 3.91. The lowest BCUT2D eigenvalue weighted by Gasteiger charge is -2.50. The number of aromatic hydroxyl groups is 1. The lowest BCUT2D eigenvalue weighted by molar-refractivity contribution is -0.0227. The molecular weight excluding hydrogens is 260 g/mol. The molecule has 0 radical (unpaired) electrons. The molecule has 2 saturated carbocycles. The summed E-state index contributed by atoms with van der Waals surface area (Å²) in [4.78, 5) is 0. The van der Waals surface area contributed by atoms with Crippen LogP contribution in [0.2, 0.25) is 0 Å². The van der Waals surface area contributed by atoms with Gasteiger partial charge in [0.1, 0.15) is 5.75 Å². The number of aliphatic hydroxyl groups is 1. The van der Waals surface area contributed by atoms with Crippen molar-refractivity contribution in [3.05, 3.63) is 28.8 Å². The van der Waals surface area contributed by atoms with Crippen LogP contribution in [0.4, 0.5) is 0 Å². The third-order valence-corrected chi connectivity index (χ3v) is 6.96. The molecule has 4 rings (SSSR count). The lowest BCUT2D eigenvalue weighted by atomic mass is 9.55. The van der Waals surface area contributed by atoms with Crippen LogP contribution in [0.25, 0.3) is 0 Å². The molecule has 2 N–H and O–H groups in total. The van der Waals surface area contributed by atoms with Gasteiger partial charge in [-0.1, -0.05) is 6.92 Å². The van der Waals surface area contributed by atoms with Gasteiger partial charge in [0.05, 0.1) is 6.10 Å². The Morgan fingerprint density at radius 2 is 1.95 bits per heavy atom. The summed E-state index contributed by atoms with van der Waals surface area (Å²) >= 11 is 0. The fraction of sp³-hybridized carbons (Fsp3) is 0.684. The normalized spacial score (nSPS) is 41.3. The van der Waals surface area contributed by atoms with Crippen LogP contribution in [-0.4, -0.2) is 16.3 Å². The van der Waals surface area contributed by atoms with Crippen LogP contribution in [0.15, 0.2) is 12.1 Å². The van der Waals surface area contributed by atoms with Crippen molar-refractivity contribution in [1.29, 1.82) is 0 Å². The van der Waals surface area contributed by atoms with Crippen molar-refractivity contribution >= 4 is 0 Å². The molecular formula is C19H26O2. The highest BCUT2D eigenvalue weighted by Crippen LogP contribution is 2.61. The molecule has 2 heteroatoms. The topological polar surface area (TPSA) is 40.5 Å². The Balaban J connectivity index is 1.75. The second kappa shape index (κ2) is 4.49. The third kappa shape index (κ3) is 1.81. The van der Waals surface area contributed by atoms with E-state index in [4.69, 9.17) is 0 Å². The van der Waals surface area contributed by atoms with E-state index in [0.29, 0.717) is 17.6 Å². The SMILES string of the molecule is Cc1cc(O)cc2c1[C@H]1CC[C@]3(C)[C@H](O)CC[C@H]3[C@@H]1CC2. The minimum Gasteiger partial charge on any atom is -0.508 e. The number of hydrogen-bond donors (Lipinski definition) is 2. The highest BCUT2D eigenvalue weighted by Gasteiger charge is 2.54. The van der Waals surface area contributed by atoms with Crippen molar-refractivity contribution in [1.82, 2.24) is 0 Å². The molecule has 0 unspecified atom stereocenters. The number of aliphatic hydroxyl groups excluding tert-OH is 1. The monoisotopic (exact) mass is 286 g/mol. The molecule has 0 heterocycles. The molecule has 0 saturated heterocycles. The quantitative estimate of drug-likeness (QED) is 0.759. The van der Waals surface area contributed by atoms with Gasteiger partial charge in [-0.15, -0.1) is 0 Å². The number of phenols is 1. The Bertz CT molecular complexity index is 579. The van der Waals surface area contributed by atoms with Crippen molar-refractivity contribution in [2.75, 3.05) is 0 Å². The first-order chi connectivity index (χ1) is 10.0. The summed E-state index contributed by atoms with van der Waals surface area (Å²) in [5.74, 6) is 2.49. The number of phenolic OH excluding ortho intramolecular Hbond substituents is 1. The van der Waals surface area contributed by atoms with Crippen molar-refractivity contribution in [3.8, 4) is 5.75 Å². The molecule has 2 nitrogen and oxygen atoms in total. The molecule has 0 aliphatic heterocycles. The van der Waals surface area contributed by atoms with Gasteiger partial charge in [0.25, 0.3) is 0 Å². The van der Waals surface area contributed by atoms with Gasteiger partial charge < -0.3 is 10.2 Å². The molecule has 114 valence electrons. The van der Waals surface area contributed by atoms with Crippen LogP contribution in [0, 0.1) is 24.2 Å². The Kier molecular flexibility index (Phi) is 2.91. The third-order valence-electron chi connectivity index (χ3n) is 6.96. The summed E-state index contributed by atoms with van der Waals surface area (Å²) in [5.41, 5.74) is 4.31. The van der Waals surface area contributed by atoms with E-state index in [1.165, 1.54) is 36.0 Å². The van der Waals surface area contributed by atoms with Gasteiger partial charge in [-0.3, -0.25) is 0 Å². The van der Waals surface area contributed by atoms with Crippen molar-refractivity contribution < 1.29 is 10.2 Å². The second-order valence-corrected chi connectivity index (χ2v) is 7.89. The molecule has 21 heavy (non-hydrogen) atoms. The molecule has 0 bridgehead atoms. The summed E-state index contributed by atoms with van der Waals surface area (Å²) < 4.78 is 0. The zero-order valence-corrected chi connectivity index (χ0v) is 13.1. The maximum atomic E-state index is 10.4. The van der Waals surface area contributed by atoms with Crippen LogP contribution in [0.5, 0.6) is 5.75 Å². The predicted octanol–water partition coefficient (Wildman–Crippen LogP) is 3.92. The van der Waals surface area contributed by atoms with E-state index >= 15 is 0 Å². The standard InChI is InChI=1S/C19H26O2/c1-11-9-13(20)10-12-3-4-14-15(18(11)12)7-8-19(2)16(14)5-6-17(19)21/h9-10,14-17,20-21H,3-8H2,1-2H3/t14-,15+,16+,17-,19+/m1/s1. The number of hydrogen-bond acceptors (Lipinski definition) is 2. The second-order valence-electron chi connectivity index (χ2n) is 7.89. The average molecular weight is 286 g/mol. The number of rotatable bonds is 0. The average Bonchev–Trinajstić information content (AvgIpc) is 2.74. The largest absolute Gasteiger partial charge is 0.508 e. The Morgan fingerprint density at radius 1 is 1.14 bits per heavy atom. The molecule has 2 fully saturated rings. The van der Waals surface area contributed by atoms with Gasteiger partial charge in [-0.2, -0.15) is 0 Å². The maximum Gasteiger partial charge on any atom is 0.116 e. The minimum absolute atomic E-state index is 0.0919. The smallest absolute Gasteiger partial charge is 0.116 e. The molecule has 0 spiro atoms. The molecule has 1 aromatic carbocycles. The van der Waals surface area contributed by atoms with Crippen LogP contribution in [0.1, 0.15) is 61.6 Å². The first-order valence-electron chi connectivity index (χ1n) is 8.51. The van der Waals surface area contributed by atoms with E-state index in [-0.39, 0.29) is 11.5 Å². The fourth-order valence-corrected chi connectivity index (χ4v) is 5.93. The van der Waals surface area contributed by atoms with Crippen LogP contribution < -0.4 is 0 Å². The van der Waals surface area contributed by atoms with Gasteiger partial charge in [-0.25, -0.2) is 0 Å². The number of aryl methyl sites for hydroxylation is 2. The molecule has 3 aliphatic rings. The number of benzene rings is 1. The van der Waals surface area contributed by atoms with E-state index in [0.717, 1.165) is 25.2 Å². The zero-order valence-electron chi connectivity index (χ0n) is 13.1. The van der Waals surface area contributed by atoms with Gasteiger partial charge in [0.15, 0.2) is 0 Å². The summed E-state index contributed by atoms with van der Waals surface area (Å²) in [6.45, 7) is 4.48. The van der Waals surface area contributed by atoms with E-state index < -0.39 is 0 Å². The van der Waals surface area contributed by atoms with Gasteiger partial charge in [-0.05, 0) is 97.4 Å². The minimum atomic E-state index is -0.0919. The van der Waals surface area contributed by atoms with Crippen LogP contribution in [0.3, 0.4) is 0 Å². The van der Waals surface area contributed by atoms with Gasteiger partial charge in [0, 0.05) is 0 Å². The number of fused-ring (bicyclic) bond motifs is 5. The van der Waals surface area contributed by atoms with Gasteiger partial charge in [0.2, 0.25) is 0 Å². The zero-order chi connectivity index (χ0) is 14.8. The van der Waals surface area contributed by atoms with E-state index in [1.54, 1.807) is 0 Å². The Hall–Kier alpha value is -1.02. The molecule has 0 aromatic heterocycles. The molecule has 0 amide bonds. The van der Waals surface area contributed by atoms with Crippen molar-refractivity contribution in [3.63, 3.8) is 0 Å². The fourth-order valence-electron chi connectivity index (χ4n) is 5.93. The summed E-state index contributed by atoms with van der Waals surface area (Å²) in [6.07, 6.45) is 6.78. The van der Waals surface area contributed by atoms with E-state index in [9.17, 15) is 10.2 Å². The van der Waals surface area contributed by atoms with Crippen molar-refractivity contribution in [2.45, 2.75) is 64.4 Å². The maximum absolute atomic E-state index is 10.4.